The van der Waals surface area contributed by atoms with Gasteiger partial charge in [-0.25, -0.2) is 27.3 Å². The second-order valence-electron chi connectivity index (χ2n) is 17.7. The number of aryl methyl sites for hydroxylation is 2. The average molecular weight is 892 g/mol. The molecule has 3 aliphatic rings. The number of halogens is 2. The van der Waals surface area contributed by atoms with Crippen molar-refractivity contribution in [3.63, 3.8) is 0 Å². The molecule has 0 spiro atoms. The van der Waals surface area contributed by atoms with Crippen molar-refractivity contribution in [2.24, 2.45) is 5.92 Å². The SMILES string of the molecule is Cc1cc(-n2nc3c(c2-n2ccn(-c4ccc(CS(C)(=N)=O)cc4F)c2=O)[C@H](C)N(C(=O)c2cc4cc(C5CCOCC5)ccc4n2[C@@]2(c4noc(=O)[nH]4)C[C@@H]2C)CC3)cc(C)c1F. The van der Waals surface area contributed by atoms with Gasteiger partial charge in [0.1, 0.15) is 28.7 Å². The van der Waals surface area contributed by atoms with Crippen molar-refractivity contribution in [2.45, 2.75) is 76.6 Å². The molecule has 7 aromatic rings. The first-order chi connectivity index (χ1) is 30.5. The zero-order valence-electron chi connectivity index (χ0n) is 36.0. The Morgan fingerprint density at radius 3 is 2.38 bits per heavy atom. The van der Waals surface area contributed by atoms with Gasteiger partial charge in [-0.2, -0.15) is 5.10 Å². The summed E-state index contributed by atoms with van der Waals surface area (Å²) in [6.07, 6.45) is 6.93. The first-order valence-electron chi connectivity index (χ1n) is 21.3. The number of carbonyl (C=O) groups is 1. The van der Waals surface area contributed by atoms with Crippen LogP contribution in [0.1, 0.15) is 94.9 Å². The molecule has 15 nitrogen and oxygen atoms in total. The molecule has 332 valence electrons. The van der Waals surface area contributed by atoms with Crippen molar-refractivity contribution in [1.29, 1.82) is 4.78 Å². The fraction of sp³-hybridized carbons (Fsp3) is 0.370. The molecule has 1 unspecified atom stereocenters. The first kappa shape index (κ1) is 41.6. The van der Waals surface area contributed by atoms with E-state index in [1.807, 2.05) is 30.5 Å². The Morgan fingerprint density at radius 1 is 1.00 bits per heavy atom. The fourth-order valence-electron chi connectivity index (χ4n) is 10.1. The van der Waals surface area contributed by atoms with Crippen molar-refractivity contribution in [1.82, 2.24) is 38.5 Å². The monoisotopic (exact) mass is 891 g/mol. The van der Waals surface area contributed by atoms with Gasteiger partial charge in [-0.1, -0.05) is 24.2 Å². The van der Waals surface area contributed by atoms with Gasteiger partial charge in [0.05, 0.1) is 28.9 Å². The molecule has 1 saturated carbocycles. The molecule has 18 heteroatoms. The Labute approximate surface area is 366 Å². The van der Waals surface area contributed by atoms with Crippen LogP contribution in [0, 0.1) is 36.2 Å². The van der Waals surface area contributed by atoms with Crippen LogP contribution in [0.2, 0.25) is 0 Å². The first-order valence-corrected chi connectivity index (χ1v) is 23.5. The zero-order valence-corrected chi connectivity index (χ0v) is 36.8. The van der Waals surface area contributed by atoms with E-state index in [1.165, 1.54) is 35.3 Å². The van der Waals surface area contributed by atoms with Gasteiger partial charge >= 0.3 is 11.4 Å². The summed E-state index contributed by atoms with van der Waals surface area (Å²) in [6.45, 7) is 8.87. The van der Waals surface area contributed by atoms with Crippen LogP contribution in [0.25, 0.3) is 28.1 Å². The summed E-state index contributed by atoms with van der Waals surface area (Å²) in [5.41, 5.74) is 3.64. The molecular weight excluding hydrogens is 845 g/mol. The van der Waals surface area contributed by atoms with E-state index < -0.39 is 38.6 Å². The Balaban J connectivity index is 1.11. The lowest BCUT2D eigenvalue weighted by molar-refractivity contribution is 0.0663. The fourth-order valence-corrected chi connectivity index (χ4v) is 10.9. The maximum absolute atomic E-state index is 15.7. The normalized spacial score (nSPS) is 21.0. The van der Waals surface area contributed by atoms with Crippen LogP contribution in [0.15, 0.2) is 81.1 Å². The van der Waals surface area contributed by atoms with Crippen LogP contribution >= 0.6 is 0 Å². The maximum Gasteiger partial charge on any atom is 0.438 e. The molecule has 0 bridgehead atoms. The summed E-state index contributed by atoms with van der Waals surface area (Å²) in [6, 6.07) is 15.0. The largest absolute Gasteiger partial charge is 0.438 e. The van der Waals surface area contributed by atoms with Crippen LogP contribution in [0.3, 0.4) is 0 Å². The number of nitrogens with zero attached hydrogens (tertiary/aromatic N) is 7. The molecule has 64 heavy (non-hydrogen) atoms. The Bertz CT molecular complexity index is 3260. The minimum Gasteiger partial charge on any atom is -0.381 e. The minimum absolute atomic E-state index is 0.00831. The van der Waals surface area contributed by atoms with Crippen LogP contribution in [-0.2, 0) is 32.2 Å². The Morgan fingerprint density at radius 2 is 1.72 bits per heavy atom. The lowest BCUT2D eigenvalue weighted by atomic mass is 9.91. The number of rotatable bonds is 9. The predicted octanol–water partition coefficient (Wildman–Crippen LogP) is 6.95. The summed E-state index contributed by atoms with van der Waals surface area (Å²) in [4.78, 5) is 46.9. The molecule has 2 fully saturated rings. The number of nitrogens with one attached hydrogen (secondary N) is 2. The molecule has 2 N–H and O–H groups in total. The van der Waals surface area contributed by atoms with E-state index >= 15 is 13.6 Å². The van der Waals surface area contributed by atoms with E-state index in [-0.39, 0.29) is 35.6 Å². The molecule has 1 aliphatic carbocycles. The highest BCUT2D eigenvalue weighted by molar-refractivity contribution is 7.90. The number of aromatic nitrogens is 7. The smallest absolute Gasteiger partial charge is 0.381 e. The summed E-state index contributed by atoms with van der Waals surface area (Å²) in [5.74, 6) is -1.28. The van der Waals surface area contributed by atoms with Crippen molar-refractivity contribution >= 4 is 26.5 Å². The van der Waals surface area contributed by atoms with Gasteiger partial charge in [0.15, 0.2) is 5.82 Å². The number of benzene rings is 3. The molecule has 4 atom stereocenters. The minimum atomic E-state index is -2.95. The summed E-state index contributed by atoms with van der Waals surface area (Å²) in [7, 11) is -2.95. The van der Waals surface area contributed by atoms with Crippen molar-refractivity contribution in [2.75, 3.05) is 26.0 Å². The zero-order chi connectivity index (χ0) is 45.0. The van der Waals surface area contributed by atoms with Gasteiger partial charge in [-0.3, -0.25) is 28.2 Å². The number of carbonyl (C=O) groups excluding carboxylic acids is 1. The van der Waals surface area contributed by atoms with E-state index in [9.17, 15) is 13.8 Å². The molecule has 6 heterocycles. The number of hydrogen-bond donors (Lipinski definition) is 2. The van der Waals surface area contributed by atoms with Gasteiger partial charge in [0.2, 0.25) is 0 Å². The topological polar surface area (TPSA) is 179 Å². The third-order valence-electron chi connectivity index (χ3n) is 13.4. The van der Waals surface area contributed by atoms with Crippen molar-refractivity contribution in [3.05, 3.63) is 145 Å². The highest BCUT2D eigenvalue weighted by Crippen LogP contribution is 2.56. The molecule has 4 aromatic heterocycles. The van der Waals surface area contributed by atoms with Gasteiger partial charge in [-0.15, -0.1) is 0 Å². The summed E-state index contributed by atoms with van der Waals surface area (Å²) >= 11 is 0. The van der Waals surface area contributed by atoms with E-state index in [4.69, 9.17) is 19.1 Å². The third-order valence-corrected chi connectivity index (χ3v) is 14.2. The van der Waals surface area contributed by atoms with E-state index in [0.29, 0.717) is 82.9 Å². The van der Waals surface area contributed by atoms with E-state index in [2.05, 4.69) is 22.3 Å². The number of ether oxygens (including phenoxy) is 1. The molecule has 1 amide bonds. The molecule has 0 radical (unpaired) electrons. The quantitative estimate of drug-likeness (QED) is 0.156. The second-order valence-corrected chi connectivity index (χ2v) is 20.0. The number of hydrogen-bond acceptors (Lipinski definition) is 9. The lowest BCUT2D eigenvalue weighted by Gasteiger charge is -2.34. The predicted molar refractivity (Wildman–Crippen MR) is 234 cm³/mol. The highest BCUT2D eigenvalue weighted by Gasteiger charge is 2.59. The van der Waals surface area contributed by atoms with Crippen LogP contribution in [0.4, 0.5) is 8.78 Å². The van der Waals surface area contributed by atoms with Gasteiger partial charge in [-0.05, 0) is 117 Å². The molecule has 3 aromatic carbocycles. The van der Waals surface area contributed by atoms with Crippen LogP contribution in [0.5, 0.6) is 0 Å². The van der Waals surface area contributed by atoms with Gasteiger partial charge < -0.3 is 14.2 Å². The van der Waals surface area contributed by atoms with Crippen LogP contribution in [-0.4, -0.2) is 74.7 Å². The highest BCUT2D eigenvalue weighted by atomic mass is 32.2. The van der Waals surface area contributed by atoms with Gasteiger partial charge in [0, 0.05) is 71.0 Å². The third kappa shape index (κ3) is 6.76. The molecule has 2 aliphatic heterocycles. The molecular formula is C46H47F2N9O6S. The van der Waals surface area contributed by atoms with Crippen molar-refractivity contribution in [3.8, 4) is 17.2 Å². The number of fused-ring (bicyclic) bond motifs is 2. The number of H-pyrrole nitrogens is 1. The summed E-state index contributed by atoms with van der Waals surface area (Å²) in [5, 5.41) is 10.0. The maximum atomic E-state index is 15.7. The standard InChI is InChI=1S/C46H47F2N9O6S/c1-25-18-33(19-26(2)40(25)48)57-41(55-15-14-54(45(55)60)37-8-6-29(20-34(37)47)24-64(5,49)61)39-28(4)53(13-10-35(39)51-57)42(58)38-22-32-21-31(30-11-16-62-17-12-30)7-9-36(32)56(38)46(23-27(46)3)43-50-44(59)63-52-43/h6-9,14-15,18-22,27-28,30,49H,10-13,16-17,23-24H2,1-5H3,(H,50,52,59)/t27-,28-,46-,64?/m0/s1. The average Bonchev–Trinajstić information content (AvgIpc) is 3.74. The van der Waals surface area contributed by atoms with E-state index in [1.54, 1.807) is 41.6 Å². The van der Waals surface area contributed by atoms with Crippen molar-refractivity contribution < 1.29 is 27.0 Å². The van der Waals surface area contributed by atoms with Crippen LogP contribution < -0.4 is 11.4 Å². The number of amides is 1. The van der Waals surface area contributed by atoms with E-state index in [0.717, 1.165) is 33.9 Å². The molecule has 10 rings (SSSR count). The molecule has 1 saturated heterocycles. The Hall–Kier alpha value is -6.40. The Kier molecular flexibility index (Phi) is 9.82. The van der Waals surface area contributed by atoms with Gasteiger partial charge in [0.25, 0.3) is 5.91 Å². The number of imidazole rings is 1. The lowest BCUT2D eigenvalue weighted by Crippen LogP contribution is -2.41. The second kappa shape index (κ2) is 15.1. The summed E-state index contributed by atoms with van der Waals surface area (Å²) < 4.78 is 67.6. The number of aromatic amines is 1.